The standard InChI is InChI=1S/C11H16FNO4/c1-13-5-7(15)9-10(12)6(14)4-8(16-2)11(9)17-3/h4,7,13-15H,5H2,1-3H3. The zero-order chi connectivity index (χ0) is 13.0. The number of hydrogen-bond donors (Lipinski definition) is 3. The summed E-state index contributed by atoms with van der Waals surface area (Å²) < 4.78 is 23.7. The van der Waals surface area contributed by atoms with E-state index in [1.165, 1.54) is 14.2 Å². The number of aliphatic hydroxyl groups excluding tert-OH is 1. The topological polar surface area (TPSA) is 71.0 Å². The Morgan fingerprint density at radius 3 is 2.53 bits per heavy atom. The fourth-order valence-corrected chi connectivity index (χ4v) is 1.58. The molecule has 0 aromatic heterocycles. The molecular formula is C11H16FNO4. The number of halogens is 1. The third-order valence-corrected chi connectivity index (χ3v) is 2.35. The summed E-state index contributed by atoms with van der Waals surface area (Å²) in [6.45, 7) is 0.125. The maximum absolute atomic E-state index is 13.8. The second-order valence-electron chi connectivity index (χ2n) is 3.43. The number of phenols is 1. The summed E-state index contributed by atoms with van der Waals surface area (Å²) in [7, 11) is 4.32. The molecule has 1 unspecified atom stereocenters. The smallest absolute Gasteiger partial charge is 0.174 e. The SMILES string of the molecule is CNCC(O)c1c(F)c(O)cc(OC)c1OC. The number of likely N-dealkylation sites (N-methyl/N-ethyl adjacent to an activating group) is 1. The van der Waals surface area contributed by atoms with E-state index >= 15 is 0 Å². The molecule has 0 saturated carbocycles. The van der Waals surface area contributed by atoms with E-state index in [2.05, 4.69) is 5.32 Å². The predicted octanol–water partition coefficient (Wildman–Crippen LogP) is 0.801. The highest BCUT2D eigenvalue weighted by Crippen LogP contribution is 2.40. The molecule has 0 amide bonds. The summed E-state index contributed by atoms with van der Waals surface area (Å²) in [5, 5.41) is 21.9. The molecule has 3 N–H and O–H groups in total. The minimum Gasteiger partial charge on any atom is -0.505 e. The van der Waals surface area contributed by atoms with Crippen molar-refractivity contribution in [3.05, 3.63) is 17.4 Å². The molecule has 1 aromatic carbocycles. The van der Waals surface area contributed by atoms with Crippen molar-refractivity contribution in [3.8, 4) is 17.2 Å². The van der Waals surface area contributed by atoms with Gasteiger partial charge in [0.1, 0.15) is 0 Å². The van der Waals surface area contributed by atoms with E-state index in [9.17, 15) is 14.6 Å². The Morgan fingerprint density at radius 2 is 2.06 bits per heavy atom. The molecule has 0 bridgehead atoms. The van der Waals surface area contributed by atoms with Crippen molar-refractivity contribution in [2.75, 3.05) is 27.8 Å². The van der Waals surface area contributed by atoms with Gasteiger partial charge in [0.2, 0.25) is 0 Å². The summed E-state index contributed by atoms with van der Waals surface area (Å²) in [6, 6.07) is 1.10. The lowest BCUT2D eigenvalue weighted by Gasteiger charge is -2.18. The maximum Gasteiger partial charge on any atom is 0.174 e. The van der Waals surface area contributed by atoms with Gasteiger partial charge in [-0.25, -0.2) is 4.39 Å². The minimum absolute atomic E-state index is 0.0746. The normalized spacial score (nSPS) is 12.3. The van der Waals surface area contributed by atoms with Crippen molar-refractivity contribution in [2.45, 2.75) is 6.10 Å². The summed E-state index contributed by atoms with van der Waals surface area (Å²) in [6.07, 6.45) is -1.14. The zero-order valence-electron chi connectivity index (χ0n) is 9.95. The van der Waals surface area contributed by atoms with Gasteiger partial charge in [0.25, 0.3) is 0 Å². The quantitative estimate of drug-likeness (QED) is 0.715. The molecule has 0 spiro atoms. The van der Waals surface area contributed by atoms with Crippen LogP contribution < -0.4 is 14.8 Å². The van der Waals surface area contributed by atoms with Gasteiger partial charge in [0.15, 0.2) is 23.1 Å². The number of methoxy groups -OCH3 is 2. The summed E-state index contributed by atoms with van der Waals surface area (Å²) in [5.41, 5.74) is -0.126. The fourth-order valence-electron chi connectivity index (χ4n) is 1.58. The Kier molecular flexibility index (Phi) is 4.53. The summed E-state index contributed by atoms with van der Waals surface area (Å²) in [5.74, 6) is -1.26. The molecule has 17 heavy (non-hydrogen) atoms. The van der Waals surface area contributed by atoms with Crippen LogP contribution >= 0.6 is 0 Å². The van der Waals surface area contributed by atoms with Crippen LogP contribution in [0, 0.1) is 5.82 Å². The van der Waals surface area contributed by atoms with Crippen LogP contribution in [0.4, 0.5) is 4.39 Å². The van der Waals surface area contributed by atoms with E-state index in [1.807, 2.05) is 0 Å². The number of benzene rings is 1. The lowest BCUT2D eigenvalue weighted by Crippen LogP contribution is -2.18. The molecule has 0 radical (unpaired) electrons. The van der Waals surface area contributed by atoms with Crippen LogP contribution in [-0.4, -0.2) is 38.0 Å². The van der Waals surface area contributed by atoms with E-state index < -0.39 is 17.7 Å². The molecule has 5 nitrogen and oxygen atoms in total. The molecule has 6 heteroatoms. The van der Waals surface area contributed by atoms with Gasteiger partial charge >= 0.3 is 0 Å². The number of ether oxygens (including phenoxy) is 2. The first-order valence-corrected chi connectivity index (χ1v) is 5.02. The summed E-state index contributed by atoms with van der Waals surface area (Å²) >= 11 is 0. The molecular weight excluding hydrogens is 229 g/mol. The van der Waals surface area contributed by atoms with Crippen molar-refractivity contribution in [1.82, 2.24) is 5.32 Å². The van der Waals surface area contributed by atoms with Crippen LogP contribution in [-0.2, 0) is 0 Å². The Hall–Kier alpha value is -1.53. The van der Waals surface area contributed by atoms with Crippen LogP contribution in [0.1, 0.15) is 11.7 Å². The average molecular weight is 245 g/mol. The Morgan fingerprint density at radius 1 is 1.41 bits per heavy atom. The van der Waals surface area contributed by atoms with Gasteiger partial charge in [-0.3, -0.25) is 0 Å². The highest BCUT2D eigenvalue weighted by molar-refractivity contribution is 5.53. The third-order valence-electron chi connectivity index (χ3n) is 2.35. The van der Waals surface area contributed by atoms with Gasteiger partial charge in [-0.15, -0.1) is 0 Å². The molecule has 0 aliphatic rings. The van der Waals surface area contributed by atoms with Crippen molar-refractivity contribution >= 4 is 0 Å². The molecule has 1 rings (SSSR count). The van der Waals surface area contributed by atoms with Crippen LogP contribution in [0.25, 0.3) is 0 Å². The van der Waals surface area contributed by atoms with Gasteiger partial charge in [-0.05, 0) is 7.05 Å². The van der Waals surface area contributed by atoms with Crippen LogP contribution in [0.2, 0.25) is 0 Å². The van der Waals surface area contributed by atoms with Crippen molar-refractivity contribution < 1.29 is 24.1 Å². The van der Waals surface area contributed by atoms with Crippen molar-refractivity contribution in [1.29, 1.82) is 0 Å². The number of rotatable bonds is 5. The average Bonchev–Trinajstić information content (AvgIpc) is 2.31. The van der Waals surface area contributed by atoms with Crippen molar-refractivity contribution in [2.24, 2.45) is 0 Å². The van der Waals surface area contributed by atoms with Crippen LogP contribution in [0.5, 0.6) is 17.2 Å². The molecule has 0 saturated heterocycles. The third kappa shape index (κ3) is 2.59. The number of phenolic OH excluding ortho intramolecular Hbond substituents is 1. The molecule has 0 fully saturated rings. The fraction of sp³-hybridized carbons (Fsp3) is 0.455. The second-order valence-corrected chi connectivity index (χ2v) is 3.43. The number of aliphatic hydroxyl groups is 1. The Bertz CT molecular complexity index is 398. The number of aromatic hydroxyl groups is 1. The predicted molar refractivity (Wildman–Crippen MR) is 60.1 cm³/mol. The highest BCUT2D eigenvalue weighted by atomic mass is 19.1. The second kappa shape index (κ2) is 5.70. The molecule has 0 aliphatic carbocycles. The molecule has 1 atom stereocenters. The van der Waals surface area contributed by atoms with Gasteiger partial charge in [-0.1, -0.05) is 0 Å². The maximum atomic E-state index is 13.8. The minimum atomic E-state index is -1.14. The van der Waals surface area contributed by atoms with E-state index in [1.54, 1.807) is 7.05 Å². The van der Waals surface area contributed by atoms with Gasteiger partial charge < -0.3 is 25.0 Å². The number of hydrogen-bond acceptors (Lipinski definition) is 5. The molecule has 1 aromatic rings. The lowest BCUT2D eigenvalue weighted by molar-refractivity contribution is 0.166. The monoisotopic (exact) mass is 245 g/mol. The van der Waals surface area contributed by atoms with E-state index in [0.29, 0.717) is 0 Å². The van der Waals surface area contributed by atoms with Gasteiger partial charge in [0.05, 0.1) is 25.9 Å². The first-order chi connectivity index (χ1) is 8.06. The van der Waals surface area contributed by atoms with Crippen LogP contribution in [0.3, 0.4) is 0 Å². The van der Waals surface area contributed by atoms with E-state index in [0.717, 1.165) is 6.07 Å². The molecule has 0 aliphatic heterocycles. The van der Waals surface area contributed by atoms with E-state index in [4.69, 9.17) is 9.47 Å². The Labute approximate surface area is 98.8 Å². The van der Waals surface area contributed by atoms with Gasteiger partial charge in [0, 0.05) is 12.6 Å². The number of nitrogens with one attached hydrogen (secondary N) is 1. The first kappa shape index (κ1) is 13.5. The molecule has 96 valence electrons. The molecule has 0 heterocycles. The van der Waals surface area contributed by atoms with Gasteiger partial charge in [-0.2, -0.15) is 0 Å². The van der Waals surface area contributed by atoms with Crippen molar-refractivity contribution in [3.63, 3.8) is 0 Å². The summed E-state index contributed by atoms with van der Waals surface area (Å²) in [4.78, 5) is 0. The van der Waals surface area contributed by atoms with Crippen LogP contribution in [0.15, 0.2) is 6.07 Å². The highest BCUT2D eigenvalue weighted by Gasteiger charge is 2.24. The van der Waals surface area contributed by atoms with E-state index in [-0.39, 0.29) is 23.6 Å². The largest absolute Gasteiger partial charge is 0.505 e. The Balaban J connectivity index is 3.37. The first-order valence-electron chi connectivity index (χ1n) is 5.02. The zero-order valence-corrected chi connectivity index (χ0v) is 9.95. The lowest BCUT2D eigenvalue weighted by atomic mass is 10.1.